The van der Waals surface area contributed by atoms with Crippen molar-refractivity contribution in [1.82, 2.24) is 4.90 Å². The molecule has 124 valence electrons. The van der Waals surface area contributed by atoms with E-state index in [4.69, 9.17) is 4.74 Å². The molecule has 1 aromatic carbocycles. The monoisotopic (exact) mass is 325 g/mol. The summed E-state index contributed by atoms with van der Waals surface area (Å²) in [5.74, 6) is 0.945. The fourth-order valence-corrected chi connectivity index (χ4v) is 2.76. The molecule has 22 heavy (non-hydrogen) atoms. The van der Waals surface area contributed by atoms with Crippen LogP contribution in [0.5, 0.6) is 5.75 Å². The summed E-state index contributed by atoms with van der Waals surface area (Å²) in [6.07, 6.45) is 6.55. The van der Waals surface area contributed by atoms with E-state index in [9.17, 15) is 4.79 Å². The predicted octanol–water partition coefficient (Wildman–Crippen LogP) is 4.35. The van der Waals surface area contributed by atoms with Gasteiger partial charge in [-0.15, -0.1) is 12.4 Å². The van der Waals surface area contributed by atoms with Crippen LogP contribution in [0.4, 0.5) is 0 Å². The van der Waals surface area contributed by atoms with Gasteiger partial charge < -0.3 is 4.74 Å². The number of likely N-dealkylation sites (tertiary alicyclic amines) is 1. The topological polar surface area (TPSA) is 29.5 Å². The number of nitrogens with zero attached hydrogens (tertiary/aromatic N) is 1. The normalized spacial score (nSPS) is 15.1. The number of carbonyl (C=O) groups excluding carboxylic acids is 1. The molecular weight excluding hydrogens is 298 g/mol. The molecule has 1 saturated heterocycles. The summed E-state index contributed by atoms with van der Waals surface area (Å²) in [6.45, 7) is 6.09. The van der Waals surface area contributed by atoms with Gasteiger partial charge >= 0.3 is 0 Å². The molecule has 0 spiro atoms. The maximum absolute atomic E-state index is 12.2. The number of piperidine rings is 1. The Labute approximate surface area is 140 Å². The SMILES string of the molecule is CCCCC(=O)c1ccccc1OCCN1CCCCC1.Cl. The maximum atomic E-state index is 12.2. The summed E-state index contributed by atoms with van der Waals surface area (Å²) >= 11 is 0. The van der Waals surface area contributed by atoms with Crippen molar-refractivity contribution < 1.29 is 9.53 Å². The van der Waals surface area contributed by atoms with Gasteiger partial charge in [-0.1, -0.05) is 31.9 Å². The first-order valence-corrected chi connectivity index (χ1v) is 8.28. The van der Waals surface area contributed by atoms with Crippen LogP contribution < -0.4 is 4.74 Å². The Morgan fingerprint density at radius 1 is 1.18 bits per heavy atom. The van der Waals surface area contributed by atoms with E-state index >= 15 is 0 Å². The van der Waals surface area contributed by atoms with E-state index in [-0.39, 0.29) is 18.2 Å². The third-order valence-corrected chi connectivity index (χ3v) is 4.06. The quantitative estimate of drug-likeness (QED) is 0.666. The molecule has 0 amide bonds. The van der Waals surface area contributed by atoms with E-state index in [1.54, 1.807) is 0 Å². The van der Waals surface area contributed by atoms with Crippen LogP contribution in [0.1, 0.15) is 55.8 Å². The highest BCUT2D eigenvalue weighted by molar-refractivity contribution is 5.98. The molecule has 0 aromatic heterocycles. The molecule has 1 aliphatic heterocycles. The van der Waals surface area contributed by atoms with Crippen molar-refractivity contribution in [3.8, 4) is 5.75 Å². The highest BCUT2D eigenvalue weighted by atomic mass is 35.5. The Bertz CT molecular complexity index is 444. The summed E-state index contributed by atoms with van der Waals surface area (Å²) in [7, 11) is 0. The number of hydrogen-bond donors (Lipinski definition) is 0. The first-order chi connectivity index (χ1) is 10.3. The average Bonchev–Trinajstić information content (AvgIpc) is 2.54. The van der Waals surface area contributed by atoms with Gasteiger partial charge in [0.05, 0.1) is 5.56 Å². The Hall–Kier alpha value is -1.06. The Balaban J connectivity index is 0.00000242. The van der Waals surface area contributed by atoms with E-state index in [0.29, 0.717) is 13.0 Å². The number of rotatable bonds is 8. The Kier molecular flexibility index (Phi) is 9.17. The zero-order valence-electron chi connectivity index (χ0n) is 13.6. The van der Waals surface area contributed by atoms with Crippen molar-refractivity contribution in [1.29, 1.82) is 0 Å². The van der Waals surface area contributed by atoms with Gasteiger partial charge in [0.2, 0.25) is 0 Å². The minimum Gasteiger partial charge on any atom is -0.491 e. The molecule has 1 aliphatic rings. The predicted molar refractivity (Wildman–Crippen MR) is 93.3 cm³/mol. The highest BCUT2D eigenvalue weighted by Gasteiger charge is 2.13. The van der Waals surface area contributed by atoms with Crippen molar-refractivity contribution in [2.24, 2.45) is 0 Å². The molecule has 1 heterocycles. The highest BCUT2D eigenvalue weighted by Crippen LogP contribution is 2.20. The lowest BCUT2D eigenvalue weighted by Crippen LogP contribution is -2.33. The molecular formula is C18H28ClNO2. The van der Waals surface area contributed by atoms with Crippen molar-refractivity contribution in [2.45, 2.75) is 45.4 Å². The van der Waals surface area contributed by atoms with Crippen molar-refractivity contribution in [2.75, 3.05) is 26.2 Å². The molecule has 0 bridgehead atoms. The minimum absolute atomic E-state index is 0. The largest absolute Gasteiger partial charge is 0.491 e. The third-order valence-electron chi connectivity index (χ3n) is 4.06. The summed E-state index contributed by atoms with van der Waals surface area (Å²) in [5, 5.41) is 0. The second kappa shape index (κ2) is 10.6. The lowest BCUT2D eigenvalue weighted by Gasteiger charge is -2.26. The summed E-state index contributed by atoms with van der Waals surface area (Å²) in [5.41, 5.74) is 0.740. The molecule has 3 nitrogen and oxygen atoms in total. The molecule has 0 atom stereocenters. The summed E-state index contributed by atoms with van der Waals surface area (Å²) in [6, 6.07) is 7.65. The zero-order valence-corrected chi connectivity index (χ0v) is 14.4. The van der Waals surface area contributed by atoms with Crippen LogP contribution in [0.3, 0.4) is 0 Å². The number of ketones is 1. The molecule has 1 fully saturated rings. The lowest BCUT2D eigenvalue weighted by atomic mass is 10.0. The summed E-state index contributed by atoms with van der Waals surface area (Å²) in [4.78, 5) is 14.6. The second-order valence-corrected chi connectivity index (χ2v) is 5.77. The number of halogens is 1. The van der Waals surface area contributed by atoms with Crippen LogP contribution in [-0.4, -0.2) is 36.9 Å². The van der Waals surface area contributed by atoms with Gasteiger partial charge in [-0.05, 0) is 44.5 Å². The fraction of sp³-hybridized carbons (Fsp3) is 0.611. The number of para-hydroxylation sites is 1. The number of ether oxygens (including phenoxy) is 1. The average molecular weight is 326 g/mol. The standard InChI is InChI=1S/C18H27NO2.ClH/c1-2-3-10-17(20)16-9-5-6-11-18(16)21-15-14-19-12-7-4-8-13-19;/h5-6,9,11H,2-4,7-8,10,12-15H2,1H3;1H. The molecule has 0 radical (unpaired) electrons. The van der Waals surface area contributed by atoms with Gasteiger partial charge in [0.1, 0.15) is 12.4 Å². The van der Waals surface area contributed by atoms with Crippen molar-refractivity contribution in [3.63, 3.8) is 0 Å². The number of unbranched alkanes of at least 4 members (excludes halogenated alkanes) is 1. The van der Waals surface area contributed by atoms with Gasteiger partial charge in [0.15, 0.2) is 5.78 Å². The van der Waals surface area contributed by atoms with Crippen LogP contribution in [0.2, 0.25) is 0 Å². The molecule has 4 heteroatoms. The summed E-state index contributed by atoms with van der Waals surface area (Å²) < 4.78 is 5.88. The van der Waals surface area contributed by atoms with E-state index in [2.05, 4.69) is 11.8 Å². The van der Waals surface area contributed by atoms with Crippen LogP contribution >= 0.6 is 12.4 Å². The second-order valence-electron chi connectivity index (χ2n) is 5.77. The number of hydrogen-bond acceptors (Lipinski definition) is 3. The molecule has 0 aliphatic carbocycles. The first-order valence-electron chi connectivity index (χ1n) is 8.28. The van der Waals surface area contributed by atoms with Gasteiger partial charge in [0, 0.05) is 13.0 Å². The van der Waals surface area contributed by atoms with E-state index < -0.39 is 0 Å². The van der Waals surface area contributed by atoms with E-state index in [0.717, 1.165) is 30.7 Å². The number of Topliss-reactive ketones (excluding diaryl/α,β-unsaturated/α-hetero) is 1. The molecule has 0 saturated carbocycles. The van der Waals surface area contributed by atoms with Crippen molar-refractivity contribution in [3.05, 3.63) is 29.8 Å². The zero-order chi connectivity index (χ0) is 14.9. The van der Waals surface area contributed by atoms with Gasteiger partial charge in [0.25, 0.3) is 0 Å². The molecule has 1 aromatic rings. The number of carbonyl (C=O) groups is 1. The van der Waals surface area contributed by atoms with Crippen LogP contribution in [-0.2, 0) is 0 Å². The smallest absolute Gasteiger partial charge is 0.166 e. The lowest BCUT2D eigenvalue weighted by molar-refractivity contribution is 0.0974. The minimum atomic E-state index is 0. The maximum Gasteiger partial charge on any atom is 0.166 e. The Morgan fingerprint density at radius 2 is 1.91 bits per heavy atom. The van der Waals surface area contributed by atoms with Crippen LogP contribution in [0.15, 0.2) is 24.3 Å². The molecule has 0 N–H and O–H groups in total. The Morgan fingerprint density at radius 3 is 2.64 bits per heavy atom. The number of benzene rings is 1. The van der Waals surface area contributed by atoms with Crippen LogP contribution in [0.25, 0.3) is 0 Å². The fourth-order valence-electron chi connectivity index (χ4n) is 2.76. The van der Waals surface area contributed by atoms with Gasteiger partial charge in [-0.3, -0.25) is 9.69 Å². The third kappa shape index (κ3) is 5.98. The van der Waals surface area contributed by atoms with Crippen LogP contribution in [0, 0.1) is 0 Å². The van der Waals surface area contributed by atoms with E-state index in [1.165, 1.54) is 32.4 Å². The molecule has 0 unspecified atom stereocenters. The van der Waals surface area contributed by atoms with E-state index in [1.807, 2.05) is 24.3 Å². The van der Waals surface area contributed by atoms with Gasteiger partial charge in [-0.25, -0.2) is 0 Å². The molecule has 2 rings (SSSR count). The first kappa shape index (κ1) is 19.0. The van der Waals surface area contributed by atoms with Gasteiger partial charge in [-0.2, -0.15) is 0 Å². The van der Waals surface area contributed by atoms with Crippen molar-refractivity contribution >= 4 is 18.2 Å².